The van der Waals surface area contributed by atoms with Crippen LogP contribution in [0.4, 0.5) is 0 Å². The van der Waals surface area contributed by atoms with Crippen molar-refractivity contribution in [3.63, 3.8) is 0 Å². The van der Waals surface area contributed by atoms with Crippen molar-refractivity contribution < 1.29 is 0 Å². The Hall–Kier alpha value is -1.22. The number of hydrogen-bond donors (Lipinski definition) is 0. The van der Waals surface area contributed by atoms with Crippen molar-refractivity contribution in [1.29, 1.82) is 0 Å². The zero-order valence-corrected chi connectivity index (χ0v) is 6.17. The van der Waals surface area contributed by atoms with Crippen LogP contribution < -0.4 is 0 Å². The third-order valence-electron chi connectivity index (χ3n) is 0.913. The third-order valence-corrected chi connectivity index (χ3v) is 0.913. The van der Waals surface area contributed by atoms with Crippen molar-refractivity contribution in [2.45, 2.75) is 13.3 Å². The predicted octanol–water partition coefficient (Wildman–Crippen LogP) is 2.65. The van der Waals surface area contributed by atoms with Crippen molar-refractivity contribution in [3.05, 3.63) is 42.9 Å². The summed E-state index contributed by atoms with van der Waals surface area (Å²) in [6, 6.07) is 0. The summed E-state index contributed by atoms with van der Waals surface area (Å²) in [5, 5.41) is 0. The summed E-state index contributed by atoms with van der Waals surface area (Å²) in [5.74, 6) is 2.18. The lowest BCUT2D eigenvalue weighted by Gasteiger charge is -1.75. The van der Waals surface area contributed by atoms with Gasteiger partial charge in [0.2, 0.25) is 0 Å². The highest BCUT2D eigenvalue weighted by Crippen LogP contribution is 1.85. The first kappa shape index (κ1) is 8.78. The van der Waals surface area contributed by atoms with Gasteiger partial charge in [0.05, 0.1) is 0 Å². The standard InChI is InChI=1S/C10H11/c1-3-5-7-9-10-8-6-4-2/h3,5-9H,10H2,1H3/b5-3+,8-6+,9-7+. The lowest BCUT2D eigenvalue weighted by atomic mass is 10.3. The van der Waals surface area contributed by atoms with E-state index >= 15 is 0 Å². The second-order valence-electron chi connectivity index (χ2n) is 1.74. The Morgan fingerprint density at radius 1 is 1.30 bits per heavy atom. The molecule has 0 rings (SSSR count). The van der Waals surface area contributed by atoms with Gasteiger partial charge < -0.3 is 0 Å². The van der Waals surface area contributed by atoms with E-state index in [0.717, 1.165) is 6.42 Å². The molecule has 1 radical (unpaired) electrons. The van der Waals surface area contributed by atoms with Crippen LogP contribution in [0.2, 0.25) is 0 Å². The minimum Gasteiger partial charge on any atom is -0.0877 e. The van der Waals surface area contributed by atoms with Gasteiger partial charge in [0.25, 0.3) is 0 Å². The van der Waals surface area contributed by atoms with E-state index in [9.17, 15) is 0 Å². The average molecular weight is 131 g/mol. The van der Waals surface area contributed by atoms with Gasteiger partial charge in [0.15, 0.2) is 0 Å². The van der Waals surface area contributed by atoms with E-state index in [4.69, 9.17) is 6.42 Å². The van der Waals surface area contributed by atoms with Crippen molar-refractivity contribution in [2.75, 3.05) is 0 Å². The largest absolute Gasteiger partial charge is 0.0877 e. The van der Waals surface area contributed by atoms with Crippen LogP contribution in [0.3, 0.4) is 0 Å². The van der Waals surface area contributed by atoms with Gasteiger partial charge in [-0.15, -0.1) is 0 Å². The molecule has 0 saturated carbocycles. The summed E-state index contributed by atoms with van der Waals surface area (Å²) in [6.07, 6.45) is 18.8. The fourth-order valence-electron chi connectivity index (χ4n) is 0.474. The normalized spacial score (nSPS) is 11.6. The average Bonchev–Trinajstić information content (AvgIpc) is 1.97. The van der Waals surface area contributed by atoms with Crippen LogP contribution >= 0.6 is 0 Å². The second kappa shape index (κ2) is 7.78. The maximum atomic E-state index is 6.54. The molecule has 0 aliphatic rings. The Labute approximate surface area is 63.0 Å². The highest BCUT2D eigenvalue weighted by atomic mass is 13.7. The van der Waals surface area contributed by atoms with Gasteiger partial charge in [0, 0.05) is 0 Å². The molecule has 0 aromatic carbocycles. The Bertz CT molecular complexity index is 175. The zero-order chi connectivity index (χ0) is 7.66. The van der Waals surface area contributed by atoms with Crippen LogP contribution in [-0.4, -0.2) is 0 Å². The minimum absolute atomic E-state index is 0.871. The van der Waals surface area contributed by atoms with Crippen LogP contribution in [0, 0.1) is 12.3 Å². The number of hydrogen-bond acceptors (Lipinski definition) is 0. The van der Waals surface area contributed by atoms with E-state index < -0.39 is 0 Å². The van der Waals surface area contributed by atoms with Gasteiger partial charge in [0.1, 0.15) is 0 Å². The van der Waals surface area contributed by atoms with Crippen molar-refractivity contribution in [3.8, 4) is 5.92 Å². The summed E-state index contributed by atoms with van der Waals surface area (Å²) >= 11 is 0. The summed E-state index contributed by atoms with van der Waals surface area (Å²) in [5.41, 5.74) is 0. The highest BCUT2D eigenvalue weighted by molar-refractivity contribution is 5.09. The summed E-state index contributed by atoms with van der Waals surface area (Å²) in [4.78, 5) is 0. The maximum absolute atomic E-state index is 6.54. The Kier molecular flexibility index (Phi) is 6.83. The van der Waals surface area contributed by atoms with E-state index in [2.05, 4.69) is 5.92 Å². The van der Waals surface area contributed by atoms with Gasteiger partial charge in [-0.1, -0.05) is 36.3 Å². The predicted molar refractivity (Wildman–Crippen MR) is 44.8 cm³/mol. The van der Waals surface area contributed by atoms with Crippen LogP contribution in [0.5, 0.6) is 0 Å². The fraction of sp³-hybridized carbons (Fsp3) is 0.200. The SMILES string of the molecule is [C]#C/C=C/C/C=C/C=C/C. The molecule has 0 heteroatoms. The zero-order valence-electron chi connectivity index (χ0n) is 6.17. The molecule has 0 heterocycles. The molecule has 0 aromatic heterocycles. The van der Waals surface area contributed by atoms with Crippen molar-refractivity contribution in [2.24, 2.45) is 0 Å². The van der Waals surface area contributed by atoms with Crippen LogP contribution in [0.15, 0.2) is 36.5 Å². The molecule has 0 bridgehead atoms. The highest BCUT2D eigenvalue weighted by Gasteiger charge is 1.65. The molecule has 0 fully saturated rings. The molecule has 0 aromatic rings. The molecule has 10 heavy (non-hydrogen) atoms. The number of allylic oxidation sites excluding steroid dienone is 6. The van der Waals surface area contributed by atoms with E-state index in [1.165, 1.54) is 0 Å². The first-order valence-corrected chi connectivity index (χ1v) is 3.27. The molecule has 0 N–H and O–H groups in total. The van der Waals surface area contributed by atoms with Gasteiger partial charge >= 0.3 is 0 Å². The van der Waals surface area contributed by atoms with Crippen molar-refractivity contribution >= 4 is 0 Å². The van der Waals surface area contributed by atoms with E-state index in [1.54, 1.807) is 6.08 Å². The van der Waals surface area contributed by atoms with Crippen LogP contribution in [0.25, 0.3) is 0 Å². The van der Waals surface area contributed by atoms with E-state index in [-0.39, 0.29) is 0 Å². The third kappa shape index (κ3) is 6.78. The summed E-state index contributed by atoms with van der Waals surface area (Å²) in [7, 11) is 0. The molecule has 0 nitrogen and oxygen atoms in total. The lowest BCUT2D eigenvalue weighted by molar-refractivity contribution is 1.40. The summed E-state index contributed by atoms with van der Waals surface area (Å²) in [6.45, 7) is 1.98. The molecule has 0 spiro atoms. The smallest absolute Gasteiger partial charge is 0.0102 e. The molecule has 0 saturated heterocycles. The Morgan fingerprint density at radius 3 is 2.70 bits per heavy atom. The maximum Gasteiger partial charge on any atom is -0.0102 e. The van der Waals surface area contributed by atoms with Crippen molar-refractivity contribution in [1.82, 2.24) is 0 Å². The first-order chi connectivity index (χ1) is 4.91. The minimum atomic E-state index is 0.871. The number of rotatable bonds is 3. The topological polar surface area (TPSA) is 0 Å². The second-order valence-corrected chi connectivity index (χ2v) is 1.74. The van der Waals surface area contributed by atoms with Crippen LogP contribution in [0.1, 0.15) is 13.3 Å². The van der Waals surface area contributed by atoms with Gasteiger partial charge in [-0.25, -0.2) is 0 Å². The lowest BCUT2D eigenvalue weighted by Crippen LogP contribution is -1.55. The van der Waals surface area contributed by atoms with E-state index in [0.29, 0.717) is 0 Å². The fourth-order valence-corrected chi connectivity index (χ4v) is 0.474. The van der Waals surface area contributed by atoms with Gasteiger partial charge in [-0.05, 0) is 25.8 Å². The molecular formula is C10H11. The Balaban J connectivity index is 3.37. The molecule has 0 amide bonds. The molecule has 0 aliphatic carbocycles. The quantitative estimate of drug-likeness (QED) is 0.408. The molecule has 0 unspecified atom stereocenters. The first-order valence-electron chi connectivity index (χ1n) is 3.27. The monoisotopic (exact) mass is 131 g/mol. The van der Waals surface area contributed by atoms with Gasteiger partial charge in [-0.3, -0.25) is 0 Å². The summed E-state index contributed by atoms with van der Waals surface area (Å²) < 4.78 is 0. The molecule has 51 valence electrons. The Morgan fingerprint density at radius 2 is 2.10 bits per heavy atom. The molecule has 0 aliphatic heterocycles. The van der Waals surface area contributed by atoms with Crippen LogP contribution in [-0.2, 0) is 0 Å². The molecule has 0 atom stereocenters. The molecular weight excluding hydrogens is 120 g/mol. The van der Waals surface area contributed by atoms with E-state index in [1.807, 2.05) is 37.3 Å². The van der Waals surface area contributed by atoms with Gasteiger partial charge in [-0.2, -0.15) is 0 Å².